The Morgan fingerprint density at radius 1 is 1.04 bits per heavy atom. The fourth-order valence-electron chi connectivity index (χ4n) is 2.49. The molecular formula is C15H14Br2N2O3S2. The molecule has 9 heteroatoms. The number of rotatable bonds is 3. The Labute approximate surface area is 161 Å². The number of carbonyl (C=O) groups excluding carboxylic acids is 1. The van der Waals surface area contributed by atoms with E-state index >= 15 is 0 Å². The number of halogens is 2. The van der Waals surface area contributed by atoms with E-state index in [1.165, 1.54) is 15.6 Å². The molecule has 0 N–H and O–H groups in total. The number of sulfonamides is 1. The highest BCUT2D eigenvalue weighted by Gasteiger charge is 2.30. The van der Waals surface area contributed by atoms with Crippen LogP contribution < -0.4 is 0 Å². The monoisotopic (exact) mass is 492 g/mol. The van der Waals surface area contributed by atoms with Crippen LogP contribution in [0.4, 0.5) is 0 Å². The van der Waals surface area contributed by atoms with Gasteiger partial charge in [-0.3, -0.25) is 4.79 Å². The molecule has 1 fully saturated rings. The molecule has 2 aromatic rings. The Bertz CT molecular complexity index is 859. The molecule has 0 radical (unpaired) electrons. The molecule has 1 aromatic heterocycles. The standard InChI is InChI=1S/C15H14Br2N2O3S2/c16-11-2-1-3-12(10-11)24(21,22)19-8-6-18(7-9-19)15(20)13-4-5-14(17)23-13/h1-5,10H,6-9H2. The predicted molar refractivity (Wildman–Crippen MR) is 101 cm³/mol. The van der Waals surface area contributed by atoms with Crippen LogP contribution in [0.25, 0.3) is 0 Å². The van der Waals surface area contributed by atoms with Crippen LogP contribution in [0.3, 0.4) is 0 Å². The summed E-state index contributed by atoms with van der Waals surface area (Å²) in [5.41, 5.74) is 0. The average Bonchev–Trinajstić information content (AvgIpc) is 3.01. The lowest BCUT2D eigenvalue weighted by Gasteiger charge is -2.33. The summed E-state index contributed by atoms with van der Waals surface area (Å²) in [5, 5.41) is 0. The van der Waals surface area contributed by atoms with Gasteiger partial charge in [0.1, 0.15) is 0 Å². The third-order valence-corrected chi connectivity index (χ3v) is 7.74. The van der Waals surface area contributed by atoms with E-state index in [1.54, 1.807) is 35.2 Å². The van der Waals surface area contributed by atoms with Crippen molar-refractivity contribution in [2.75, 3.05) is 26.2 Å². The largest absolute Gasteiger partial charge is 0.335 e. The van der Waals surface area contributed by atoms with Gasteiger partial charge in [0.2, 0.25) is 10.0 Å². The van der Waals surface area contributed by atoms with Crippen LogP contribution in [0.1, 0.15) is 9.67 Å². The number of benzene rings is 1. The Kier molecular flexibility index (Phi) is 5.45. The Morgan fingerprint density at radius 3 is 2.33 bits per heavy atom. The number of amides is 1. The minimum absolute atomic E-state index is 0.0507. The van der Waals surface area contributed by atoms with Gasteiger partial charge < -0.3 is 4.90 Å². The topological polar surface area (TPSA) is 57.7 Å². The van der Waals surface area contributed by atoms with Gasteiger partial charge in [0.05, 0.1) is 13.6 Å². The molecular weight excluding hydrogens is 480 g/mol. The van der Waals surface area contributed by atoms with Gasteiger partial charge in [-0.25, -0.2) is 8.42 Å². The Morgan fingerprint density at radius 2 is 1.75 bits per heavy atom. The summed E-state index contributed by atoms with van der Waals surface area (Å²) in [5.74, 6) is -0.0507. The molecule has 0 aliphatic carbocycles. The molecule has 2 heterocycles. The lowest BCUT2D eigenvalue weighted by molar-refractivity contribution is 0.0703. The van der Waals surface area contributed by atoms with Gasteiger partial charge in [-0.1, -0.05) is 22.0 Å². The summed E-state index contributed by atoms with van der Waals surface area (Å²) in [6.07, 6.45) is 0. The fourth-order valence-corrected chi connectivity index (χ4v) is 5.87. The highest BCUT2D eigenvalue weighted by molar-refractivity contribution is 9.11. The minimum Gasteiger partial charge on any atom is -0.335 e. The normalized spacial score (nSPS) is 16.3. The van der Waals surface area contributed by atoms with E-state index in [0.29, 0.717) is 31.1 Å². The van der Waals surface area contributed by atoms with Crippen molar-refractivity contribution in [3.63, 3.8) is 0 Å². The van der Waals surface area contributed by atoms with E-state index in [2.05, 4.69) is 31.9 Å². The first-order valence-corrected chi connectivity index (χ1v) is 11.0. The van der Waals surface area contributed by atoms with Crippen molar-refractivity contribution in [2.24, 2.45) is 0 Å². The summed E-state index contributed by atoms with van der Waals surface area (Å²) in [7, 11) is -3.53. The maximum atomic E-state index is 12.7. The third kappa shape index (κ3) is 3.75. The average molecular weight is 494 g/mol. The SMILES string of the molecule is O=C(c1ccc(Br)s1)N1CCN(S(=O)(=O)c2cccc(Br)c2)CC1. The number of nitrogens with zero attached hydrogens (tertiary/aromatic N) is 2. The van der Waals surface area contributed by atoms with Crippen molar-refractivity contribution in [2.45, 2.75) is 4.90 Å². The van der Waals surface area contributed by atoms with Crippen molar-refractivity contribution >= 4 is 59.1 Å². The molecule has 128 valence electrons. The summed E-state index contributed by atoms with van der Waals surface area (Å²) in [4.78, 5) is 15.0. The first-order chi connectivity index (χ1) is 11.4. The number of thiophene rings is 1. The molecule has 1 aliphatic heterocycles. The highest BCUT2D eigenvalue weighted by Crippen LogP contribution is 2.25. The van der Waals surface area contributed by atoms with Crippen LogP contribution in [0.5, 0.6) is 0 Å². The van der Waals surface area contributed by atoms with Crippen molar-refractivity contribution < 1.29 is 13.2 Å². The third-order valence-electron chi connectivity index (χ3n) is 3.74. The number of carbonyl (C=O) groups is 1. The van der Waals surface area contributed by atoms with Crippen LogP contribution in [-0.4, -0.2) is 49.7 Å². The second kappa shape index (κ2) is 7.25. The molecule has 1 saturated heterocycles. The summed E-state index contributed by atoms with van der Waals surface area (Å²) in [6, 6.07) is 10.3. The van der Waals surface area contributed by atoms with E-state index in [0.717, 1.165) is 8.26 Å². The summed E-state index contributed by atoms with van der Waals surface area (Å²) < 4.78 is 28.4. The van der Waals surface area contributed by atoms with Gasteiger partial charge >= 0.3 is 0 Å². The molecule has 0 bridgehead atoms. The zero-order valence-electron chi connectivity index (χ0n) is 12.5. The fraction of sp³-hybridized carbons (Fsp3) is 0.267. The minimum atomic E-state index is -3.53. The van der Waals surface area contributed by atoms with Crippen LogP contribution in [0.2, 0.25) is 0 Å². The maximum absolute atomic E-state index is 12.7. The molecule has 24 heavy (non-hydrogen) atoms. The van der Waals surface area contributed by atoms with Crippen molar-refractivity contribution in [1.29, 1.82) is 0 Å². The molecule has 0 saturated carbocycles. The van der Waals surface area contributed by atoms with Crippen molar-refractivity contribution in [3.8, 4) is 0 Å². The second-order valence-electron chi connectivity index (χ2n) is 5.26. The molecule has 5 nitrogen and oxygen atoms in total. The van der Waals surface area contributed by atoms with Gasteiger partial charge in [0.25, 0.3) is 5.91 Å². The summed E-state index contributed by atoms with van der Waals surface area (Å²) >= 11 is 8.03. The van der Waals surface area contributed by atoms with Crippen LogP contribution in [-0.2, 0) is 10.0 Å². The van der Waals surface area contributed by atoms with Gasteiger partial charge in [-0.15, -0.1) is 11.3 Å². The molecule has 1 amide bonds. The maximum Gasteiger partial charge on any atom is 0.264 e. The van der Waals surface area contributed by atoms with E-state index in [-0.39, 0.29) is 10.8 Å². The van der Waals surface area contributed by atoms with Gasteiger partial charge in [-0.2, -0.15) is 4.31 Å². The number of piperazine rings is 1. The molecule has 0 spiro atoms. The van der Waals surface area contributed by atoms with Crippen LogP contribution in [0.15, 0.2) is 49.6 Å². The van der Waals surface area contributed by atoms with E-state index in [1.807, 2.05) is 6.07 Å². The first kappa shape index (κ1) is 18.1. The number of hydrogen-bond acceptors (Lipinski definition) is 4. The molecule has 3 rings (SSSR count). The van der Waals surface area contributed by atoms with Gasteiger partial charge in [0, 0.05) is 30.7 Å². The smallest absolute Gasteiger partial charge is 0.264 e. The van der Waals surface area contributed by atoms with Crippen molar-refractivity contribution in [1.82, 2.24) is 9.21 Å². The zero-order chi connectivity index (χ0) is 17.3. The van der Waals surface area contributed by atoms with Gasteiger partial charge in [0.15, 0.2) is 0 Å². The van der Waals surface area contributed by atoms with E-state index in [9.17, 15) is 13.2 Å². The summed E-state index contributed by atoms with van der Waals surface area (Å²) in [6.45, 7) is 1.38. The quantitative estimate of drug-likeness (QED) is 0.658. The first-order valence-electron chi connectivity index (χ1n) is 7.18. The predicted octanol–water partition coefficient (Wildman–Crippen LogP) is 3.42. The molecule has 0 atom stereocenters. The zero-order valence-corrected chi connectivity index (χ0v) is 17.3. The molecule has 0 unspecified atom stereocenters. The van der Waals surface area contributed by atoms with Gasteiger partial charge in [-0.05, 0) is 46.3 Å². The van der Waals surface area contributed by atoms with E-state index in [4.69, 9.17) is 0 Å². The van der Waals surface area contributed by atoms with Crippen LogP contribution in [0, 0.1) is 0 Å². The number of hydrogen-bond donors (Lipinski definition) is 0. The Balaban J connectivity index is 1.69. The molecule has 1 aliphatic rings. The lowest BCUT2D eigenvalue weighted by Crippen LogP contribution is -2.50. The molecule has 1 aromatic carbocycles. The van der Waals surface area contributed by atoms with Crippen molar-refractivity contribution in [3.05, 3.63) is 49.5 Å². The van der Waals surface area contributed by atoms with E-state index < -0.39 is 10.0 Å². The second-order valence-corrected chi connectivity index (χ2v) is 10.6. The Hall–Kier alpha value is -0.740. The highest BCUT2D eigenvalue weighted by atomic mass is 79.9. The van der Waals surface area contributed by atoms with Crippen LogP contribution >= 0.6 is 43.2 Å². The lowest BCUT2D eigenvalue weighted by atomic mass is 10.3.